The third-order valence-corrected chi connectivity index (χ3v) is 7.50. The molecule has 1 aliphatic rings. The predicted molar refractivity (Wildman–Crippen MR) is 129 cm³/mol. The Morgan fingerprint density at radius 2 is 1.53 bits per heavy atom. The lowest BCUT2D eigenvalue weighted by molar-refractivity contribution is -0.135. The van der Waals surface area contributed by atoms with Crippen LogP contribution in [0.3, 0.4) is 0 Å². The molecule has 1 aliphatic heterocycles. The monoisotopic (exact) mass is 546 g/mol. The van der Waals surface area contributed by atoms with Crippen LogP contribution in [0.1, 0.15) is 51.2 Å². The minimum Gasteiger partial charge on any atom is -0.420 e. The molecule has 2 aromatic heterocycles. The van der Waals surface area contributed by atoms with Gasteiger partial charge in [-0.1, -0.05) is 29.8 Å². The highest BCUT2D eigenvalue weighted by Gasteiger charge is 2.34. The van der Waals surface area contributed by atoms with E-state index in [2.05, 4.69) is 14.9 Å². The molecule has 0 spiro atoms. The van der Waals surface area contributed by atoms with Crippen LogP contribution in [-0.2, 0) is 4.79 Å². The molecule has 5 rings (SSSR count). The number of carbonyl (C=O) groups is 1. The molecule has 0 saturated carbocycles. The lowest BCUT2D eigenvalue weighted by Gasteiger charge is -2.13. The van der Waals surface area contributed by atoms with Crippen LogP contribution in [0.15, 0.2) is 29.3 Å². The summed E-state index contributed by atoms with van der Waals surface area (Å²) in [6.45, 7) is 7.59. The maximum atomic E-state index is 14.1. The normalized spacial score (nSPS) is 14.6. The van der Waals surface area contributed by atoms with Gasteiger partial charge in [-0.05, 0) is 33.3 Å². The number of aliphatic imine (C=N–C) groups is 1. The molecule has 0 saturated heterocycles. The van der Waals surface area contributed by atoms with Gasteiger partial charge in [0.1, 0.15) is 16.9 Å². The van der Waals surface area contributed by atoms with Crippen LogP contribution in [0.25, 0.3) is 5.00 Å². The van der Waals surface area contributed by atoms with Crippen molar-refractivity contribution in [1.82, 2.24) is 14.8 Å². The van der Waals surface area contributed by atoms with E-state index >= 15 is 0 Å². The molecule has 38 heavy (non-hydrogen) atoms. The van der Waals surface area contributed by atoms with Gasteiger partial charge in [0, 0.05) is 16.0 Å². The lowest BCUT2D eigenvalue weighted by Crippen LogP contribution is -2.17. The van der Waals surface area contributed by atoms with Gasteiger partial charge in [-0.3, -0.25) is 14.4 Å². The Labute approximate surface area is 217 Å². The van der Waals surface area contributed by atoms with E-state index < -0.39 is 53.3 Å². The van der Waals surface area contributed by atoms with E-state index in [1.807, 2.05) is 45.0 Å². The van der Waals surface area contributed by atoms with Crippen LogP contribution in [0.4, 0.5) is 22.0 Å². The fraction of sp³-hybridized carbons (Fsp3) is 0.231. The summed E-state index contributed by atoms with van der Waals surface area (Å²) < 4.78 is 75.3. The van der Waals surface area contributed by atoms with E-state index in [0.29, 0.717) is 11.5 Å². The van der Waals surface area contributed by atoms with Crippen molar-refractivity contribution in [3.05, 3.63) is 92.1 Å². The molecule has 196 valence electrons. The van der Waals surface area contributed by atoms with Gasteiger partial charge in [-0.25, -0.2) is 13.2 Å². The first-order valence-corrected chi connectivity index (χ1v) is 12.2. The molecule has 0 aliphatic carbocycles. The Morgan fingerprint density at radius 3 is 2.16 bits per heavy atom. The van der Waals surface area contributed by atoms with Gasteiger partial charge >= 0.3 is 5.97 Å². The third kappa shape index (κ3) is 4.08. The SMILES string of the molecule is Cc1ccc(C2=N[C@@H](CC(=O)Oc3c(F)c(F)c(F)c(F)c3F)c3nnc(C)n3-c3sc(C)c(C)c32)cc1. The molecule has 0 radical (unpaired) electrons. The van der Waals surface area contributed by atoms with E-state index in [9.17, 15) is 26.7 Å². The fourth-order valence-electron chi connectivity index (χ4n) is 4.22. The molecule has 1 atom stereocenters. The number of hydrogen-bond acceptors (Lipinski definition) is 6. The number of ether oxygens (including phenoxy) is 1. The molecular formula is C26H19F5N4O2S. The molecule has 0 N–H and O–H groups in total. The van der Waals surface area contributed by atoms with Gasteiger partial charge < -0.3 is 4.74 Å². The van der Waals surface area contributed by atoms with Crippen molar-refractivity contribution in [2.75, 3.05) is 0 Å². The highest BCUT2D eigenvalue weighted by Crippen LogP contribution is 2.40. The van der Waals surface area contributed by atoms with Crippen molar-refractivity contribution in [3.8, 4) is 10.8 Å². The first-order valence-electron chi connectivity index (χ1n) is 11.4. The van der Waals surface area contributed by atoms with Gasteiger partial charge in [0.2, 0.25) is 34.8 Å². The first kappa shape index (κ1) is 25.7. The maximum Gasteiger partial charge on any atom is 0.314 e. The van der Waals surface area contributed by atoms with Crippen molar-refractivity contribution >= 4 is 23.0 Å². The second-order valence-electron chi connectivity index (χ2n) is 8.84. The van der Waals surface area contributed by atoms with Crippen molar-refractivity contribution in [2.45, 2.75) is 40.2 Å². The van der Waals surface area contributed by atoms with E-state index in [0.717, 1.165) is 32.1 Å². The van der Waals surface area contributed by atoms with Crippen molar-refractivity contribution in [1.29, 1.82) is 0 Å². The number of halogens is 5. The number of rotatable bonds is 4. The van der Waals surface area contributed by atoms with Crippen LogP contribution < -0.4 is 4.74 Å². The summed E-state index contributed by atoms with van der Waals surface area (Å²) in [7, 11) is 0. The van der Waals surface area contributed by atoms with Crippen molar-refractivity contribution < 1.29 is 31.5 Å². The van der Waals surface area contributed by atoms with Crippen LogP contribution in [0, 0.1) is 56.8 Å². The molecule has 4 aromatic rings. The minimum atomic E-state index is -2.35. The number of benzene rings is 2. The lowest BCUT2D eigenvalue weighted by atomic mass is 9.99. The standard InChI is InChI=1S/C26H19F5N4O2S/c1-10-5-7-14(8-6-10)23-17-11(2)12(3)38-26(17)35-13(4)33-34-25(35)15(32-23)9-16(36)37-24-21(30)19(28)18(27)20(29)22(24)31/h5-8,15H,9H2,1-4H3/t15-/m0/s1. The number of aryl methyl sites for hydroxylation is 3. The second kappa shape index (κ2) is 9.43. The quantitative estimate of drug-likeness (QED) is 0.101. The zero-order valence-electron chi connectivity index (χ0n) is 20.5. The predicted octanol–water partition coefficient (Wildman–Crippen LogP) is 6.15. The Hall–Kier alpha value is -3.93. The Balaban J connectivity index is 1.61. The van der Waals surface area contributed by atoms with Crippen LogP contribution >= 0.6 is 11.3 Å². The summed E-state index contributed by atoms with van der Waals surface area (Å²) in [4.78, 5) is 18.7. The molecule has 0 amide bonds. The smallest absolute Gasteiger partial charge is 0.314 e. The highest BCUT2D eigenvalue weighted by molar-refractivity contribution is 7.15. The average molecular weight is 547 g/mol. The fourth-order valence-corrected chi connectivity index (χ4v) is 5.44. The number of carbonyl (C=O) groups excluding carboxylic acids is 1. The van der Waals surface area contributed by atoms with E-state index in [1.165, 1.54) is 11.3 Å². The van der Waals surface area contributed by atoms with E-state index in [4.69, 9.17) is 4.99 Å². The zero-order chi connectivity index (χ0) is 27.5. The summed E-state index contributed by atoms with van der Waals surface area (Å²) >= 11 is 1.49. The molecule has 0 bridgehead atoms. The molecule has 6 nitrogen and oxygen atoms in total. The number of aromatic nitrogens is 3. The molecule has 0 unspecified atom stereocenters. The Bertz CT molecular complexity index is 1610. The van der Waals surface area contributed by atoms with E-state index in [-0.39, 0.29) is 5.82 Å². The van der Waals surface area contributed by atoms with Gasteiger partial charge in [-0.15, -0.1) is 21.5 Å². The summed E-state index contributed by atoms with van der Waals surface area (Å²) in [5, 5.41) is 9.11. The Kier molecular flexibility index (Phi) is 6.38. The van der Waals surface area contributed by atoms with Crippen LogP contribution in [0.5, 0.6) is 5.75 Å². The van der Waals surface area contributed by atoms with Gasteiger partial charge in [0.05, 0.1) is 12.1 Å². The molecular weight excluding hydrogens is 527 g/mol. The summed E-state index contributed by atoms with van der Waals surface area (Å²) in [6, 6.07) is 6.55. The third-order valence-electron chi connectivity index (χ3n) is 6.31. The van der Waals surface area contributed by atoms with Crippen molar-refractivity contribution in [2.24, 2.45) is 4.99 Å². The first-order chi connectivity index (χ1) is 18.0. The topological polar surface area (TPSA) is 69.4 Å². The van der Waals surface area contributed by atoms with Gasteiger partial charge in [0.25, 0.3) is 0 Å². The number of hydrogen-bond donors (Lipinski definition) is 0. The van der Waals surface area contributed by atoms with Gasteiger partial charge in [-0.2, -0.15) is 8.78 Å². The summed E-state index contributed by atoms with van der Waals surface area (Å²) in [5.41, 5.74) is 4.12. The molecule has 3 heterocycles. The Morgan fingerprint density at radius 1 is 0.921 bits per heavy atom. The number of thiophene rings is 1. The number of nitrogens with zero attached hydrogens (tertiary/aromatic N) is 4. The number of fused-ring (bicyclic) bond motifs is 3. The molecule has 12 heteroatoms. The summed E-state index contributed by atoms with van der Waals surface area (Å²) in [6.07, 6.45) is -0.611. The van der Waals surface area contributed by atoms with Gasteiger partial charge in [0.15, 0.2) is 5.82 Å². The highest BCUT2D eigenvalue weighted by atomic mass is 32.1. The number of esters is 1. The zero-order valence-corrected chi connectivity index (χ0v) is 21.3. The van der Waals surface area contributed by atoms with Crippen LogP contribution in [-0.4, -0.2) is 26.4 Å². The van der Waals surface area contributed by atoms with E-state index in [1.54, 1.807) is 11.5 Å². The molecule has 2 aromatic carbocycles. The average Bonchev–Trinajstić information content (AvgIpc) is 3.36. The summed E-state index contributed by atoms with van der Waals surface area (Å²) in [5.74, 6) is -13.4. The molecule has 0 fully saturated rings. The second-order valence-corrected chi connectivity index (χ2v) is 10.0. The van der Waals surface area contributed by atoms with Crippen LogP contribution in [0.2, 0.25) is 0 Å². The van der Waals surface area contributed by atoms with Crippen molar-refractivity contribution in [3.63, 3.8) is 0 Å². The largest absolute Gasteiger partial charge is 0.420 e. The maximum absolute atomic E-state index is 14.1. The minimum absolute atomic E-state index is 0.265.